The van der Waals surface area contributed by atoms with Crippen molar-refractivity contribution in [2.75, 3.05) is 37.7 Å². The number of fused-ring (bicyclic) bond motifs is 4. The van der Waals surface area contributed by atoms with E-state index in [4.69, 9.17) is 14.5 Å². The average Bonchev–Trinajstić information content (AvgIpc) is 3.52. The second-order valence-corrected chi connectivity index (χ2v) is 13.5. The van der Waals surface area contributed by atoms with Gasteiger partial charge in [-0.2, -0.15) is 9.97 Å². The highest BCUT2D eigenvalue weighted by molar-refractivity contribution is 6.04. The standard InChI is InChI=1S/C34H35F5N6O4/c1-3-22-23-15-47-31-26-29(27(36)28(41-31)21-11-20(46)10-18-6-4-7-24(25(18)21)49-34(37,38)39)42-32(43-30(26)45(23)13-17(2)40-22)48-16-33-8-5-9-44(33)14-19(35)12-33/h4,6-7,10-11,17,19,22-23,40,46H,3,5,8-9,12-16H2,1-2H3/t17-,19-,22+,23-,33+/m1/s1. The maximum atomic E-state index is 17.1. The van der Waals surface area contributed by atoms with Crippen LogP contribution in [0.1, 0.15) is 39.5 Å². The van der Waals surface area contributed by atoms with E-state index in [0.29, 0.717) is 25.3 Å². The Morgan fingerprint density at radius 3 is 2.78 bits per heavy atom. The van der Waals surface area contributed by atoms with Gasteiger partial charge in [0.15, 0.2) is 5.82 Å². The summed E-state index contributed by atoms with van der Waals surface area (Å²) in [6.07, 6.45) is -3.29. The maximum Gasteiger partial charge on any atom is 0.573 e. The predicted octanol–water partition coefficient (Wildman–Crippen LogP) is 5.88. The van der Waals surface area contributed by atoms with Gasteiger partial charge in [0, 0.05) is 42.5 Å². The average molecular weight is 687 g/mol. The van der Waals surface area contributed by atoms with E-state index in [1.54, 1.807) is 0 Å². The van der Waals surface area contributed by atoms with Crippen LogP contribution in [0.25, 0.3) is 32.9 Å². The van der Waals surface area contributed by atoms with Gasteiger partial charge in [-0.1, -0.05) is 19.1 Å². The molecule has 4 aromatic rings. The van der Waals surface area contributed by atoms with Crippen LogP contribution < -0.4 is 24.4 Å². The number of phenolic OH excluding ortho intramolecular Hbond substituents is 1. The second-order valence-electron chi connectivity index (χ2n) is 13.5. The largest absolute Gasteiger partial charge is 0.573 e. The lowest BCUT2D eigenvalue weighted by Crippen LogP contribution is -2.63. The SMILES string of the molecule is CC[C@@H]1N[C@H](C)CN2c3nc(OC[C@@]45CCCN4C[C@H](F)C5)nc4c(F)c(-c5cc(O)cc6cccc(OC(F)(F)F)c56)nc(c34)OC[C@H]12. The van der Waals surface area contributed by atoms with Crippen LogP contribution in [0.15, 0.2) is 30.3 Å². The van der Waals surface area contributed by atoms with Crippen molar-refractivity contribution in [1.29, 1.82) is 0 Å². The van der Waals surface area contributed by atoms with Gasteiger partial charge >= 0.3 is 12.4 Å². The van der Waals surface area contributed by atoms with Gasteiger partial charge in [0.05, 0.1) is 11.6 Å². The van der Waals surface area contributed by atoms with Crippen molar-refractivity contribution in [1.82, 2.24) is 25.2 Å². The van der Waals surface area contributed by atoms with E-state index in [-0.39, 0.29) is 76.2 Å². The summed E-state index contributed by atoms with van der Waals surface area (Å²) in [5.41, 5.74) is -1.27. The Morgan fingerprint density at radius 2 is 1.98 bits per heavy atom. The lowest BCUT2D eigenvalue weighted by molar-refractivity contribution is -0.274. The number of rotatable bonds is 6. The van der Waals surface area contributed by atoms with Crippen molar-refractivity contribution in [3.05, 3.63) is 36.1 Å². The fourth-order valence-corrected chi connectivity index (χ4v) is 8.26. The van der Waals surface area contributed by atoms with E-state index >= 15 is 4.39 Å². The zero-order valence-corrected chi connectivity index (χ0v) is 26.9. The number of aromatic nitrogens is 3. The van der Waals surface area contributed by atoms with Crippen molar-refractivity contribution >= 4 is 27.5 Å². The van der Waals surface area contributed by atoms with E-state index in [0.717, 1.165) is 37.9 Å². The Balaban J connectivity index is 1.33. The van der Waals surface area contributed by atoms with Gasteiger partial charge in [-0.25, -0.2) is 13.8 Å². The molecule has 4 aliphatic heterocycles. The van der Waals surface area contributed by atoms with Crippen molar-refractivity contribution in [2.45, 2.75) is 75.7 Å². The molecule has 0 saturated carbocycles. The molecule has 0 unspecified atom stereocenters. The molecule has 0 spiro atoms. The van der Waals surface area contributed by atoms with Crippen LogP contribution in [0.2, 0.25) is 0 Å². The predicted molar refractivity (Wildman–Crippen MR) is 170 cm³/mol. The number of anilines is 1. The highest BCUT2D eigenvalue weighted by Crippen LogP contribution is 2.46. The number of pyridine rings is 1. The summed E-state index contributed by atoms with van der Waals surface area (Å²) in [4.78, 5) is 18.0. The Hall–Kier alpha value is -4.24. The summed E-state index contributed by atoms with van der Waals surface area (Å²) in [5, 5.41) is 14.5. The summed E-state index contributed by atoms with van der Waals surface area (Å²) in [5.74, 6) is -1.53. The topological polar surface area (TPSA) is 105 Å². The summed E-state index contributed by atoms with van der Waals surface area (Å²) in [7, 11) is 0. The fourth-order valence-electron chi connectivity index (χ4n) is 8.26. The number of alkyl halides is 4. The molecule has 6 heterocycles. The van der Waals surface area contributed by atoms with E-state index in [1.165, 1.54) is 18.2 Å². The van der Waals surface area contributed by atoms with Crippen LogP contribution in [-0.4, -0.2) is 94.0 Å². The van der Waals surface area contributed by atoms with Gasteiger partial charge in [-0.3, -0.25) is 4.90 Å². The van der Waals surface area contributed by atoms with Gasteiger partial charge in [-0.15, -0.1) is 13.2 Å². The minimum Gasteiger partial charge on any atom is -0.508 e. The summed E-state index contributed by atoms with van der Waals surface area (Å²) in [6.45, 7) is 5.94. The normalized spacial score (nSPS) is 26.8. The smallest absolute Gasteiger partial charge is 0.508 e. The van der Waals surface area contributed by atoms with E-state index in [1.807, 2.05) is 13.8 Å². The van der Waals surface area contributed by atoms with Gasteiger partial charge in [-0.05, 0) is 56.3 Å². The Morgan fingerprint density at radius 1 is 1.14 bits per heavy atom. The van der Waals surface area contributed by atoms with Gasteiger partial charge < -0.3 is 29.5 Å². The molecular formula is C34H35F5N6O4. The van der Waals surface area contributed by atoms with Crippen LogP contribution in [0.5, 0.6) is 23.4 Å². The third-order valence-electron chi connectivity index (χ3n) is 10.3. The first-order valence-corrected chi connectivity index (χ1v) is 16.5. The Bertz CT molecular complexity index is 1950. The van der Waals surface area contributed by atoms with Crippen LogP contribution >= 0.6 is 0 Å². The first-order chi connectivity index (χ1) is 23.4. The summed E-state index contributed by atoms with van der Waals surface area (Å²) >= 11 is 0. The lowest BCUT2D eigenvalue weighted by Gasteiger charge is -2.44. The number of hydrogen-bond acceptors (Lipinski definition) is 10. The molecule has 8 rings (SSSR count). The molecule has 2 aromatic carbocycles. The minimum atomic E-state index is -5.04. The summed E-state index contributed by atoms with van der Waals surface area (Å²) in [6, 6.07) is 6.01. The molecule has 3 fully saturated rings. The molecule has 3 saturated heterocycles. The Labute approximate surface area is 278 Å². The second kappa shape index (κ2) is 11.7. The molecule has 5 atom stereocenters. The number of phenols is 1. The highest BCUT2D eigenvalue weighted by atomic mass is 19.4. The Kier molecular flexibility index (Phi) is 7.63. The lowest BCUT2D eigenvalue weighted by atomic mass is 9.95. The third kappa shape index (κ3) is 5.50. The van der Waals surface area contributed by atoms with Gasteiger partial charge in [0.2, 0.25) is 5.88 Å². The number of aromatic hydroxyl groups is 1. The van der Waals surface area contributed by atoms with Gasteiger partial charge in [0.1, 0.15) is 53.3 Å². The zero-order chi connectivity index (χ0) is 34.2. The van der Waals surface area contributed by atoms with E-state index in [2.05, 4.69) is 29.8 Å². The first-order valence-electron chi connectivity index (χ1n) is 16.5. The van der Waals surface area contributed by atoms with E-state index in [9.17, 15) is 22.7 Å². The molecule has 0 bridgehead atoms. The molecule has 4 aliphatic rings. The zero-order valence-electron chi connectivity index (χ0n) is 26.9. The number of benzene rings is 2. The molecule has 0 aliphatic carbocycles. The highest BCUT2D eigenvalue weighted by Gasteiger charge is 2.49. The van der Waals surface area contributed by atoms with Gasteiger partial charge in [0.25, 0.3) is 0 Å². The van der Waals surface area contributed by atoms with E-state index < -0.39 is 35.3 Å². The summed E-state index contributed by atoms with van der Waals surface area (Å²) < 4.78 is 89.0. The number of piperazine rings is 1. The molecule has 0 radical (unpaired) electrons. The number of nitrogens with one attached hydrogen (secondary N) is 1. The molecule has 260 valence electrons. The van der Waals surface area contributed by atoms with Crippen LogP contribution in [0.4, 0.5) is 27.8 Å². The van der Waals surface area contributed by atoms with Crippen LogP contribution in [0, 0.1) is 5.82 Å². The molecule has 2 aromatic heterocycles. The van der Waals surface area contributed by atoms with Crippen LogP contribution in [-0.2, 0) is 0 Å². The third-order valence-corrected chi connectivity index (χ3v) is 10.3. The fraction of sp³-hybridized carbons (Fsp3) is 0.500. The monoisotopic (exact) mass is 686 g/mol. The molecule has 10 nitrogen and oxygen atoms in total. The van der Waals surface area contributed by atoms with Crippen molar-refractivity contribution in [3.63, 3.8) is 0 Å². The van der Waals surface area contributed by atoms with Crippen molar-refractivity contribution in [3.8, 4) is 34.6 Å². The number of nitrogens with zero attached hydrogens (tertiary/aromatic N) is 5. The molecule has 0 amide bonds. The van der Waals surface area contributed by atoms with Crippen LogP contribution in [0.3, 0.4) is 0 Å². The number of hydrogen-bond donors (Lipinski definition) is 2. The van der Waals surface area contributed by atoms with Crippen molar-refractivity contribution < 1.29 is 41.3 Å². The molecule has 2 N–H and O–H groups in total. The first kappa shape index (κ1) is 32.0. The number of halogens is 5. The maximum absolute atomic E-state index is 17.1. The quantitative estimate of drug-likeness (QED) is 0.239. The molecule has 49 heavy (non-hydrogen) atoms. The minimum absolute atomic E-state index is 0.00723. The molecule has 15 heteroatoms. The van der Waals surface area contributed by atoms with Crippen molar-refractivity contribution in [2.24, 2.45) is 0 Å². The molecular weight excluding hydrogens is 651 g/mol. The number of ether oxygens (including phenoxy) is 3.